The standard InChI is InChI=1S/C21H29FN3O4PS/c1-30(2,27)17-4-3-16(18(22)8-17)7-15-9-20(10-15)11-24(12-20)19(26)25-13-21(14-25)5-6-31(28,29)23-21/h3-4,8,15,23H,5-7,9-14H2,1-2H3. The van der Waals surface area contributed by atoms with Crippen LogP contribution in [0, 0.1) is 17.2 Å². The van der Waals surface area contributed by atoms with Crippen molar-refractivity contribution in [3.05, 3.63) is 29.6 Å². The highest BCUT2D eigenvalue weighted by molar-refractivity contribution is 7.89. The van der Waals surface area contributed by atoms with Gasteiger partial charge in [-0.15, -0.1) is 0 Å². The maximum Gasteiger partial charge on any atom is 0.320 e. The van der Waals surface area contributed by atoms with Crippen molar-refractivity contribution in [2.75, 3.05) is 45.3 Å². The van der Waals surface area contributed by atoms with Crippen LogP contribution in [0.5, 0.6) is 0 Å². The minimum absolute atomic E-state index is 0.00371. The lowest BCUT2D eigenvalue weighted by atomic mass is 9.56. The summed E-state index contributed by atoms with van der Waals surface area (Å²) in [6, 6.07) is 4.96. The Kier molecular flexibility index (Phi) is 4.68. The zero-order valence-electron chi connectivity index (χ0n) is 17.9. The Hall–Kier alpha value is -1.44. The van der Waals surface area contributed by atoms with Gasteiger partial charge in [-0.1, -0.05) is 12.1 Å². The van der Waals surface area contributed by atoms with Crippen LogP contribution in [-0.4, -0.2) is 75.0 Å². The molecule has 7 nitrogen and oxygen atoms in total. The smallest absolute Gasteiger partial charge is 0.320 e. The van der Waals surface area contributed by atoms with E-state index in [0.717, 1.165) is 25.9 Å². The van der Waals surface area contributed by atoms with Gasteiger partial charge in [0.05, 0.1) is 11.3 Å². The Morgan fingerprint density at radius 2 is 1.84 bits per heavy atom. The predicted octanol–water partition coefficient (Wildman–Crippen LogP) is 1.83. The number of sulfonamides is 1. The average molecular weight is 470 g/mol. The van der Waals surface area contributed by atoms with Gasteiger partial charge >= 0.3 is 6.03 Å². The number of nitrogens with one attached hydrogen (secondary N) is 1. The quantitative estimate of drug-likeness (QED) is 0.685. The number of amides is 2. The van der Waals surface area contributed by atoms with E-state index in [0.29, 0.717) is 42.7 Å². The normalized spacial score (nSPS) is 25.9. The van der Waals surface area contributed by atoms with Crippen LogP contribution in [0.2, 0.25) is 0 Å². The molecule has 1 aromatic rings. The van der Waals surface area contributed by atoms with E-state index in [2.05, 4.69) is 4.72 Å². The first kappa shape index (κ1) is 21.4. The number of urea groups is 1. The number of hydrogen-bond donors (Lipinski definition) is 1. The molecule has 3 aliphatic heterocycles. The number of hydrogen-bond acceptors (Lipinski definition) is 4. The Labute approximate surface area is 182 Å². The molecular formula is C21H29FN3O4PS. The van der Waals surface area contributed by atoms with Crippen molar-refractivity contribution in [3.8, 4) is 0 Å². The van der Waals surface area contributed by atoms with E-state index in [9.17, 15) is 22.2 Å². The molecular weight excluding hydrogens is 440 g/mol. The lowest BCUT2D eigenvalue weighted by Gasteiger charge is -2.61. The van der Waals surface area contributed by atoms with E-state index in [-0.39, 0.29) is 23.0 Å². The first-order valence-corrected chi connectivity index (χ1v) is 15.0. The highest BCUT2D eigenvalue weighted by Gasteiger charge is 2.57. The summed E-state index contributed by atoms with van der Waals surface area (Å²) in [7, 11) is -5.64. The molecule has 3 saturated heterocycles. The summed E-state index contributed by atoms with van der Waals surface area (Å²) >= 11 is 0. The summed E-state index contributed by atoms with van der Waals surface area (Å²) in [5, 5.41) is 0.574. The van der Waals surface area contributed by atoms with Gasteiger partial charge in [-0.25, -0.2) is 22.3 Å². The van der Waals surface area contributed by atoms with E-state index in [1.54, 1.807) is 30.4 Å². The Morgan fingerprint density at radius 1 is 1.19 bits per heavy atom. The zero-order valence-corrected chi connectivity index (χ0v) is 19.6. The number of rotatable bonds is 3. The molecule has 1 aliphatic carbocycles. The summed E-state index contributed by atoms with van der Waals surface area (Å²) in [5.41, 5.74) is 0.396. The second kappa shape index (κ2) is 6.78. The Bertz CT molecular complexity index is 1080. The number of nitrogens with zero attached hydrogens (tertiary/aromatic N) is 2. The fourth-order valence-corrected chi connectivity index (χ4v) is 8.33. The van der Waals surface area contributed by atoms with Crippen LogP contribution < -0.4 is 10.0 Å². The molecule has 31 heavy (non-hydrogen) atoms. The van der Waals surface area contributed by atoms with E-state index in [1.807, 2.05) is 4.90 Å². The topological polar surface area (TPSA) is 86.8 Å². The first-order valence-electron chi connectivity index (χ1n) is 10.8. The second-order valence-corrected chi connectivity index (χ2v) is 15.6. The van der Waals surface area contributed by atoms with Gasteiger partial charge in [0.25, 0.3) is 0 Å². The first-order chi connectivity index (χ1) is 14.4. The molecule has 0 radical (unpaired) electrons. The molecule has 10 heteroatoms. The van der Waals surface area contributed by atoms with E-state index in [4.69, 9.17) is 0 Å². The van der Waals surface area contributed by atoms with Crippen molar-refractivity contribution >= 4 is 28.5 Å². The van der Waals surface area contributed by atoms with Gasteiger partial charge in [-0.2, -0.15) is 0 Å². The lowest BCUT2D eigenvalue weighted by Crippen LogP contribution is -2.73. The summed E-state index contributed by atoms with van der Waals surface area (Å²) in [6.45, 7) is 5.66. The molecule has 0 bridgehead atoms. The monoisotopic (exact) mass is 469 g/mol. The average Bonchev–Trinajstić information content (AvgIpc) is 2.90. The molecule has 170 valence electrons. The van der Waals surface area contributed by atoms with Crippen molar-refractivity contribution in [1.29, 1.82) is 0 Å². The lowest BCUT2D eigenvalue weighted by molar-refractivity contribution is -0.0823. The largest absolute Gasteiger partial charge is 0.323 e. The molecule has 4 fully saturated rings. The van der Waals surface area contributed by atoms with Crippen LogP contribution in [0.25, 0.3) is 0 Å². The van der Waals surface area contributed by atoms with Gasteiger partial charge in [0.2, 0.25) is 10.0 Å². The fourth-order valence-electron chi connectivity index (χ4n) is 5.82. The number of halogens is 1. The van der Waals surface area contributed by atoms with Crippen LogP contribution in [0.1, 0.15) is 24.8 Å². The molecule has 0 aromatic heterocycles. The van der Waals surface area contributed by atoms with Crippen molar-refractivity contribution < 1.29 is 22.2 Å². The minimum Gasteiger partial charge on any atom is -0.323 e. The second-order valence-electron chi connectivity index (χ2n) is 10.6. The van der Waals surface area contributed by atoms with E-state index >= 15 is 0 Å². The molecule has 2 amide bonds. The highest BCUT2D eigenvalue weighted by Crippen LogP contribution is 2.53. The molecule has 4 aliphatic rings. The number of carbonyl (C=O) groups excluding carboxylic acids is 1. The molecule has 5 rings (SSSR count). The van der Waals surface area contributed by atoms with Crippen LogP contribution in [0.15, 0.2) is 18.2 Å². The Balaban J connectivity index is 1.09. The predicted molar refractivity (Wildman–Crippen MR) is 117 cm³/mol. The van der Waals surface area contributed by atoms with Crippen molar-refractivity contribution in [2.24, 2.45) is 11.3 Å². The third kappa shape index (κ3) is 3.83. The third-order valence-electron chi connectivity index (χ3n) is 7.41. The summed E-state index contributed by atoms with van der Waals surface area (Å²) in [5.74, 6) is 0.276. The van der Waals surface area contributed by atoms with E-state index < -0.39 is 22.7 Å². The van der Waals surface area contributed by atoms with Gasteiger partial charge < -0.3 is 14.4 Å². The van der Waals surface area contributed by atoms with Crippen molar-refractivity contribution in [3.63, 3.8) is 0 Å². The van der Waals surface area contributed by atoms with Crippen LogP contribution in [0.4, 0.5) is 9.18 Å². The van der Waals surface area contributed by atoms with Gasteiger partial charge in [-0.3, -0.25) is 0 Å². The summed E-state index contributed by atoms with van der Waals surface area (Å²) in [6.07, 6.45) is 3.22. The van der Waals surface area contributed by atoms with Crippen LogP contribution >= 0.6 is 7.14 Å². The van der Waals surface area contributed by atoms with Crippen molar-refractivity contribution in [2.45, 2.75) is 31.2 Å². The van der Waals surface area contributed by atoms with Gasteiger partial charge in [0.15, 0.2) is 0 Å². The van der Waals surface area contributed by atoms with Gasteiger partial charge in [-0.05, 0) is 56.6 Å². The summed E-state index contributed by atoms with van der Waals surface area (Å²) < 4.78 is 52.5. The molecule has 1 saturated carbocycles. The molecule has 1 aromatic carbocycles. The summed E-state index contributed by atoms with van der Waals surface area (Å²) in [4.78, 5) is 16.2. The molecule has 2 spiro atoms. The highest BCUT2D eigenvalue weighted by atomic mass is 32.2. The maximum atomic E-state index is 14.4. The minimum atomic E-state index is -3.18. The Morgan fingerprint density at radius 3 is 2.39 bits per heavy atom. The molecule has 1 N–H and O–H groups in total. The van der Waals surface area contributed by atoms with Gasteiger partial charge in [0.1, 0.15) is 13.0 Å². The maximum absolute atomic E-state index is 14.4. The zero-order chi connectivity index (χ0) is 22.2. The molecule has 0 unspecified atom stereocenters. The van der Waals surface area contributed by atoms with Gasteiger partial charge in [0, 0.05) is 36.9 Å². The molecule has 3 heterocycles. The number of benzene rings is 1. The van der Waals surface area contributed by atoms with Crippen LogP contribution in [-0.2, 0) is 21.0 Å². The van der Waals surface area contributed by atoms with Crippen LogP contribution in [0.3, 0.4) is 0 Å². The molecule has 0 atom stereocenters. The van der Waals surface area contributed by atoms with E-state index in [1.165, 1.54) is 6.07 Å². The number of carbonyl (C=O) groups is 1. The van der Waals surface area contributed by atoms with Crippen molar-refractivity contribution in [1.82, 2.24) is 14.5 Å². The third-order valence-corrected chi connectivity index (χ3v) is 10.4. The SMILES string of the molecule is CP(C)(=O)c1ccc(CC2CC3(C2)CN(C(=O)N2CC4(CCS(=O)(=O)N4)C2)C3)c(F)c1. The fraction of sp³-hybridized carbons (Fsp3) is 0.667. The number of likely N-dealkylation sites (tertiary alicyclic amines) is 2.